The highest BCUT2D eigenvalue weighted by Crippen LogP contribution is 2.09. The molecule has 0 atom stereocenters. The minimum absolute atomic E-state index is 0.180. The van der Waals surface area contributed by atoms with E-state index in [1.165, 1.54) is 0 Å². The smallest absolute Gasteiger partial charge is 0.327 e. The summed E-state index contributed by atoms with van der Waals surface area (Å²) in [6.45, 7) is 3.51. The molecular formula is C8H15NO3. The average molecular weight is 173 g/mol. The van der Waals surface area contributed by atoms with Gasteiger partial charge in [0.05, 0.1) is 12.5 Å². The third-order valence-electron chi connectivity index (χ3n) is 1.70. The Kier molecular flexibility index (Phi) is 5.28. The maximum absolute atomic E-state index is 11.1. The van der Waals surface area contributed by atoms with Gasteiger partial charge in [-0.05, 0) is 12.8 Å². The van der Waals surface area contributed by atoms with E-state index in [0.717, 1.165) is 0 Å². The predicted octanol–water partition coefficient (Wildman–Crippen LogP) is 0.451. The van der Waals surface area contributed by atoms with Crippen LogP contribution in [-0.4, -0.2) is 18.5 Å². The third kappa shape index (κ3) is 3.48. The molecule has 4 nitrogen and oxygen atoms in total. The van der Waals surface area contributed by atoms with Gasteiger partial charge in [0, 0.05) is 0 Å². The molecule has 0 aliphatic rings. The van der Waals surface area contributed by atoms with Crippen LogP contribution in [0.15, 0.2) is 0 Å². The Morgan fingerprint density at radius 2 is 1.83 bits per heavy atom. The molecule has 0 aromatic heterocycles. The second-order valence-corrected chi connectivity index (χ2v) is 2.51. The minimum atomic E-state index is -0.660. The molecule has 2 N–H and O–H groups in total. The number of esters is 2. The Morgan fingerprint density at radius 1 is 1.33 bits per heavy atom. The highest BCUT2D eigenvalue weighted by Gasteiger charge is 2.18. The minimum Gasteiger partial charge on any atom is -0.392 e. The maximum atomic E-state index is 11.1. The largest absolute Gasteiger partial charge is 0.392 e. The number of hydrogen-bond acceptors (Lipinski definition) is 4. The third-order valence-corrected chi connectivity index (χ3v) is 1.70. The first-order chi connectivity index (χ1) is 5.65. The Hall–Kier alpha value is -0.900. The molecule has 0 saturated carbocycles. The van der Waals surface area contributed by atoms with Crippen LogP contribution >= 0.6 is 0 Å². The molecular weight excluding hydrogens is 158 g/mol. The number of ether oxygens (including phenoxy) is 1. The number of rotatable bonds is 4. The van der Waals surface area contributed by atoms with Crippen LogP contribution in [0.5, 0.6) is 0 Å². The Bertz CT molecular complexity index is 164. The Morgan fingerprint density at radius 3 is 2.17 bits per heavy atom. The fourth-order valence-corrected chi connectivity index (χ4v) is 0.859. The lowest BCUT2D eigenvalue weighted by Crippen LogP contribution is -2.25. The molecule has 0 radical (unpaired) electrons. The highest BCUT2D eigenvalue weighted by atomic mass is 16.6. The molecule has 0 heterocycles. The van der Waals surface area contributed by atoms with Crippen molar-refractivity contribution in [2.75, 3.05) is 6.54 Å². The van der Waals surface area contributed by atoms with Crippen molar-refractivity contribution < 1.29 is 14.3 Å². The molecule has 0 rings (SSSR count). The summed E-state index contributed by atoms with van der Waals surface area (Å²) in [5.74, 6) is -1.30. The molecule has 0 aliphatic heterocycles. The van der Waals surface area contributed by atoms with Crippen molar-refractivity contribution in [3.63, 3.8) is 0 Å². The predicted molar refractivity (Wildman–Crippen MR) is 44.2 cm³/mol. The van der Waals surface area contributed by atoms with Crippen molar-refractivity contribution in [2.24, 2.45) is 11.7 Å². The summed E-state index contributed by atoms with van der Waals surface area (Å²) in [5.41, 5.74) is 4.98. The fraction of sp³-hybridized carbons (Fsp3) is 0.750. The van der Waals surface area contributed by atoms with Crippen LogP contribution in [0.2, 0.25) is 0 Å². The molecule has 0 aliphatic carbocycles. The topological polar surface area (TPSA) is 69.4 Å². The van der Waals surface area contributed by atoms with E-state index in [2.05, 4.69) is 4.74 Å². The van der Waals surface area contributed by atoms with E-state index in [-0.39, 0.29) is 12.5 Å². The normalized spacial score (nSPS) is 10.0. The van der Waals surface area contributed by atoms with Gasteiger partial charge in [-0.2, -0.15) is 0 Å². The van der Waals surface area contributed by atoms with Crippen molar-refractivity contribution in [2.45, 2.75) is 26.7 Å². The lowest BCUT2D eigenvalue weighted by molar-refractivity contribution is -0.161. The van der Waals surface area contributed by atoms with Crippen LogP contribution in [0, 0.1) is 5.92 Å². The van der Waals surface area contributed by atoms with Gasteiger partial charge in [0.1, 0.15) is 0 Å². The van der Waals surface area contributed by atoms with E-state index in [9.17, 15) is 9.59 Å². The van der Waals surface area contributed by atoms with E-state index in [1.807, 2.05) is 13.8 Å². The van der Waals surface area contributed by atoms with Crippen molar-refractivity contribution in [1.82, 2.24) is 0 Å². The maximum Gasteiger partial charge on any atom is 0.327 e. The summed E-state index contributed by atoms with van der Waals surface area (Å²) in [6.07, 6.45) is 1.38. The first-order valence-electron chi connectivity index (χ1n) is 4.10. The van der Waals surface area contributed by atoms with E-state index < -0.39 is 11.9 Å². The zero-order valence-electron chi connectivity index (χ0n) is 7.50. The lowest BCUT2D eigenvalue weighted by atomic mass is 10.0. The first kappa shape index (κ1) is 11.1. The van der Waals surface area contributed by atoms with Crippen LogP contribution in [0.25, 0.3) is 0 Å². The molecule has 0 aromatic carbocycles. The Balaban J connectivity index is 3.92. The van der Waals surface area contributed by atoms with Crippen LogP contribution in [-0.2, 0) is 14.3 Å². The summed E-state index contributed by atoms with van der Waals surface area (Å²) in [6, 6.07) is 0. The van der Waals surface area contributed by atoms with Gasteiger partial charge in [0.25, 0.3) is 0 Å². The molecule has 0 saturated heterocycles. The molecule has 0 bridgehead atoms. The molecule has 0 aromatic rings. The van der Waals surface area contributed by atoms with Crippen molar-refractivity contribution >= 4 is 11.9 Å². The zero-order valence-corrected chi connectivity index (χ0v) is 7.50. The van der Waals surface area contributed by atoms with Gasteiger partial charge < -0.3 is 10.5 Å². The van der Waals surface area contributed by atoms with Gasteiger partial charge in [0.2, 0.25) is 0 Å². The highest BCUT2D eigenvalue weighted by molar-refractivity contribution is 5.87. The summed E-state index contributed by atoms with van der Waals surface area (Å²) >= 11 is 0. The van der Waals surface area contributed by atoms with Crippen molar-refractivity contribution in [1.29, 1.82) is 0 Å². The molecule has 70 valence electrons. The van der Waals surface area contributed by atoms with E-state index in [4.69, 9.17) is 5.73 Å². The lowest BCUT2D eigenvalue weighted by Gasteiger charge is -2.09. The molecule has 0 unspecified atom stereocenters. The van der Waals surface area contributed by atoms with Gasteiger partial charge in [-0.25, -0.2) is 0 Å². The van der Waals surface area contributed by atoms with Crippen molar-refractivity contribution in [3.05, 3.63) is 0 Å². The van der Waals surface area contributed by atoms with E-state index in [0.29, 0.717) is 12.8 Å². The first-order valence-corrected chi connectivity index (χ1v) is 4.10. The van der Waals surface area contributed by atoms with E-state index in [1.54, 1.807) is 0 Å². The summed E-state index contributed by atoms with van der Waals surface area (Å²) in [7, 11) is 0. The fourth-order valence-electron chi connectivity index (χ4n) is 0.859. The van der Waals surface area contributed by atoms with Crippen molar-refractivity contribution in [3.8, 4) is 0 Å². The monoisotopic (exact) mass is 173 g/mol. The summed E-state index contributed by atoms with van der Waals surface area (Å²) in [5, 5.41) is 0. The van der Waals surface area contributed by atoms with Gasteiger partial charge in [-0.3, -0.25) is 9.59 Å². The van der Waals surface area contributed by atoms with Crippen LogP contribution in [0.1, 0.15) is 26.7 Å². The molecule has 4 heteroatoms. The average Bonchev–Trinajstić information content (AvgIpc) is 2.06. The molecule has 0 fully saturated rings. The van der Waals surface area contributed by atoms with Crippen LogP contribution in [0.3, 0.4) is 0 Å². The second kappa shape index (κ2) is 5.71. The number of hydrogen-bond donors (Lipinski definition) is 1. The van der Waals surface area contributed by atoms with Crippen LogP contribution in [0.4, 0.5) is 0 Å². The number of carbonyl (C=O) groups is 2. The molecule has 12 heavy (non-hydrogen) atoms. The Labute approximate surface area is 72.1 Å². The van der Waals surface area contributed by atoms with Crippen LogP contribution < -0.4 is 5.73 Å². The van der Waals surface area contributed by atoms with Gasteiger partial charge in [0.15, 0.2) is 0 Å². The van der Waals surface area contributed by atoms with Gasteiger partial charge >= 0.3 is 11.9 Å². The number of carbonyl (C=O) groups excluding carboxylic acids is 2. The molecule has 0 amide bonds. The summed E-state index contributed by atoms with van der Waals surface area (Å²) < 4.78 is 4.44. The zero-order chi connectivity index (χ0) is 9.56. The molecule has 0 spiro atoms. The quantitative estimate of drug-likeness (QED) is 0.495. The second-order valence-electron chi connectivity index (χ2n) is 2.51. The standard InChI is InChI=1S/C8H15NO3/c1-3-6(4-2)8(11)12-7(10)5-9/h6H,3-5,9H2,1-2H3. The van der Waals surface area contributed by atoms with Gasteiger partial charge in [-0.1, -0.05) is 13.8 Å². The summed E-state index contributed by atoms with van der Waals surface area (Å²) in [4.78, 5) is 21.7. The van der Waals surface area contributed by atoms with Gasteiger partial charge in [-0.15, -0.1) is 0 Å². The SMILES string of the molecule is CCC(CC)C(=O)OC(=O)CN. The number of nitrogens with two attached hydrogens (primary N) is 1. The van der Waals surface area contributed by atoms with E-state index >= 15 is 0 Å².